The van der Waals surface area contributed by atoms with Gasteiger partial charge in [0.25, 0.3) is 0 Å². The summed E-state index contributed by atoms with van der Waals surface area (Å²) in [7, 11) is 0. The number of nitrogens with zero attached hydrogens (tertiary/aromatic N) is 1. The van der Waals surface area contributed by atoms with Crippen LogP contribution >= 0.6 is 0 Å². The van der Waals surface area contributed by atoms with Gasteiger partial charge >= 0.3 is 0 Å². The van der Waals surface area contributed by atoms with Gasteiger partial charge in [-0.25, -0.2) is 0 Å². The molecule has 0 radical (unpaired) electrons. The first kappa shape index (κ1) is 12.8. The summed E-state index contributed by atoms with van der Waals surface area (Å²) < 4.78 is 0. The van der Waals surface area contributed by atoms with Gasteiger partial charge in [0.05, 0.1) is 0 Å². The lowest BCUT2D eigenvalue weighted by molar-refractivity contribution is -0.124. The molecular weight excluding hydrogens is 206 g/mol. The zero-order valence-electron chi connectivity index (χ0n) is 10.2. The highest BCUT2D eigenvalue weighted by Gasteiger charge is 2.54. The van der Waals surface area contributed by atoms with Crippen LogP contribution in [0.1, 0.15) is 40.0 Å². The van der Waals surface area contributed by atoms with Crippen LogP contribution in [0.2, 0.25) is 0 Å². The molecular formula is C11H21N3O2. The summed E-state index contributed by atoms with van der Waals surface area (Å²) in [6, 6.07) is 0. The second-order valence-electron chi connectivity index (χ2n) is 5.63. The number of nitrogens with two attached hydrogens (primary N) is 1. The van der Waals surface area contributed by atoms with Crippen LogP contribution in [0, 0.1) is 10.8 Å². The van der Waals surface area contributed by atoms with E-state index in [1.165, 1.54) is 0 Å². The number of hydrogen-bond donors (Lipinski definition) is 3. The third kappa shape index (κ3) is 2.87. The molecule has 4 N–H and O–H groups in total. The van der Waals surface area contributed by atoms with Crippen molar-refractivity contribution >= 4 is 11.7 Å². The average Bonchev–Trinajstić information content (AvgIpc) is 2.95. The van der Waals surface area contributed by atoms with E-state index in [0.29, 0.717) is 19.4 Å². The minimum atomic E-state index is -0.730. The maximum atomic E-state index is 11.8. The van der Waals surface area contributed by atoms with E-state index in [0.717, 1.165) is 6.42 Å². The van der Waals surface area contributed by atoms with Crippen molar-refractivity contribution in [2.45, 2.75) is 40.0 Å². The third-order valence-corrected chi connectivity index (χ3v) is 2.94. The smallest absolute Gasteiger partial charge is 0.233 e. The Morgan fingerprint density at radius 3 is 2.44 bits per heavy atom. The highest BCUT2D eigenvalue weighted by molar-refractivity contribution is 6.09. The maximum Gasteiger partial charge on any atom is 0.233 e. The molecule has 1 rings (SSSR count). The molecule has 5 nitrogen and oxygen atoms in total. The summed E-state index contributed by atoms with van der Waals surface area (Å²) in [5.74, 6) is -0.0900. The van der Waals surface area contributed by atoms with Crippen LogP contribution in [0.3, 0.4) is 0 Å². The molecule has 0 aromatic carbocycles. The molecule has 5 heteroatoms. The van der Waals surface area contributed by atoms with Crippen molar-refractivity contribution < 1.29 is 10.0 Å². The van der Waals surface area contributed by atoms with Gasteiger partial charge in [0.2, 0.25) is 5.91 Å². The summed E-state index contributed by atoms with van der Waals surface area (Å²) in [5, 5.41) is 14.4. The minimum Gasteiger partial charge on any atom is -0.409 e. The first-order chi connectivity index (χ1) is 7.32. The topological polar surface area (TPSA) is 87.7 Å². The Kier molecular flexibility index (Phi) is 3.45. The largest absolute Gasteiger partial charge is 0.409 e. The molecule has 0 unspecified atom stereocenters. The van der Waals surface area contributed by atoms with E-state index in [4.69, 9.17) is 10.9 Å². The van der Waals surface area contributed by atoms with Crippen LogP contribution in [0.4, 0.5) is 0 Å². The van der Waals surface area contributed by atoms with Crippen molar-refractivity contribution in [2.75, 3.05) is 6.54 Å². The number of amidine groups is 1. The maximum absolute atomic E-state index is 11.8. The fourth-order valence-electron chi connectivity index (χ4n) is 1.54. The molecule has 0 bridgehead atoms. The van der Waals surface area contributed by atoms with Gasteiger partial charge in [-0.1, -0.05) is 25.9 Å². The summed E-state index contributed by atoms with van der Waals surface area (Å²) in [6.45, 7) is 6.99. The number of oxime groups is 1. The number of carbonyl (C=O) groups excluding carboxylic acids is 1. The molecule has 1 aliphatic carbocycles. The van der Waals surface area contributed by atoms with Crippen molar-refractivity contribution in [1.82, 2.24) is 5.32 Å². The fourth-order valence-corrected chi connectivity index (χ4v) is 1.54. The van der Waals surface area contributed by atoms with Crippen molar-refractivity contribution in [3.63, 3.8) is 0 Å². The quantitative estimate of drug-likeness (QED) is 0.290. The number of carbonyl (C=O) groups is 1. The van der Waals surface area contributed by atoms with E-state index < -0.39 is 5.41 Å². The SMILES string of the molecule is CC(C)(C)CCNC(=O)C1(C(N)=NO)CC1. The summed E-state index contributed by atoms with van der Waals surface area (Å²) in [4.78, 5) is 11.8. The monoisotopic (exact) mass is 227 g/mol. The molecule has 0 aromatic rings. The van der Waals surface area contributed by atoms with E-state index in [2.05, 4.69) is 31.2 Å². The fraction of sp³-hybridized carbons (Fsp3) is 0.818. The Morgan fingerprint density at radius 2 is 2.06 bits per heavy atom. The van der Waals surface area contributed by atoms with Crippen molar-refractivity contribution in [1.29, 1.82) is 0 Å². The first-order valence-corrected chi connectivity index (χ1v) is 5.58. The number of rotatable bonds is 4. The Bertz CT molecular complexity index is 301. The van der Waals surface area contributed by atoms with Crippen LogP contribution in [0.25, 0.3) is 0 Å². The van der Waals surface area contributed by atoms with Gasteiger partial charge in [-0.05, 0) is 24.7 Å². The molecule has 1 saturated carbocycles. The molecule has 0 atom stereocenters. The number of hydrogen-bond acceptors (Lipinski definition) is 3. The van der Waals surface area contributed by atoms with Gasteiger partial charge in [-0.15, -0.1) is 0 Å². The zero-order valence-corrected chi connectivity index (χ0v) is 10.2. The lowest BCUT2D eigenvalue weighted by Gasteiger charge is -2.19. The van der Waals surface area contributed by atoms with Crippen LogP contribution in [-0.4, -0.2) is 23.5 Å². The highest BCUT2D eigenvalue weighted by atomic mass is 16.4. The average molecular weight is 227 g/mol. The molecule has 0 spiro atoms. The van der Waals surface area contributed by atoms with E-state index in [9.17, 15) is 4.79 Å². The molecule has 1 aliphatic rings. The number of nitrogens with one attached hydrogen (secondary N) is 1. The van der Waals surface area contributed by atoms with E-state index in [1.54, 1.807) is 0 Å². The zero-order chi connectivity index (χ0) is 12.4. The molecule has 0 saturated heterocycles. The minimum absolute atomic E-state index is 0.0285. The van der Waals surface area contributed by atoms with Crippen LogP contribution in [0.5, 0.6) is 0 Å². The predicted molar refractivity (Wildman–Crippen MR) is 62.2 cm³/mol. The number of amides is 1. The van der Waals surface area contributed by atoms with Gasteiger partial charge in [-0.2, -0.15) is 0 Å². The third-order valence-electron chi connectivity index (χ3n) is 2.94. The Labute approximate surface area is 96.1 Å². The lowest BCUT2D eigenvalue weighted by Crippen LogP contribution is -2.41. The lowest BCUT2D eigenvalue weighted by atomic mass is 9.92. The predicted octanol–water partition coefficient (Wildman–Crippen LogP) is 1.07. The van der Waals surface area contributed by atoms with Gasteiger partial charge in [0.1, 0.15) is 5.41 Å². The highest BCUT2D eigenvalue weighted by Crippen LogP contribution is 2.46. The van der Waals surface area contributed by atoms with E-state index in [1.807, 2.05) is 0 Å². The normalized spacial score (nSPS) is 19.3. The summed E-state index contributed by atoms with van der Waals surface area (Å²) in [5.41, 5.74) is 4.98. The first-order valence-electron chi connectivity index (χ1n) is 5.58. The van der Waals surface area contributed by atoms with Gasteiger partial charge in [0.15, 0.2) is 5.84 Å². The molecule has 92 valence electrons. The van der Waals surface area contributed by atoms with Crippen molar-refractivity contribution in [3.8, 4) is 0 Å². The molecule has 0 aliphatic heterocycles. The Morgan fingerprint density at radius 1 is 1.50 bits per heavy atom. The van der Waals surface area contributed by atoms with Crippen LogP contribution in [0.15, 0.2) is 5.16 Å². The molecule has 1 amide bonds. The molecule has 0 heterocycles. The second-order valence-corrected chi connectivity index (χ2v) is 5.63. The van der Waals surface area contributed by atoms with Gasteiger partial charge < -0.3 is 16.3 Å². The van der Waals surface area contributed by atoms with E-state index >= 15 is 0 Å². The van der Waals surface area contributed by atoms with Gasteiger partial charge in [-0.3, -0.25) is 4.79 Å². The summed E-state index contributed by atoms with van der Waals surface area (Å²) in [6.07, 6.45) is 2.25. The second kappa shape index (κ2) is 4.31. The van der Waals surface area contributed by atoms with Crippen LogP contribution < -0.4 is 11.1 Å². The molecule has 16 heavy (non-hydrogen) atoms. The summed E-state index contributed by atoms with van der Waals surface area (Å²) >= 11 is 0. The standard InChI is InChI=1S/C11H21N3O2/c1-10(2,3)6-7-13-9(15)11(4-5-11)8(12)14-16/h16H,4-7H2,1-3H3,(H2,12,14)(H,13,15). The van der Waals surface area contributed by atoms with Crippen molar-refractivity contribution in [2.24, 2.45) is 21.7 Å². The van der Waals surface area contributed by atoms with Gasteiger partial charge in [0, 0.05) is 6.54 Å². The Hall–Kier alpha value is -1.26. The molecule has 1 fully saturated rings. The Balaban J connectivity index is 2.42. The van der Waals surface area contributed by atoms with Crippen molar-refractivity contribution in [3.05, 3.63) is 0 Å². The van der Waals surface area contributed by atoms with E-state index in [-0.39, 0.29) is 17.2 Å². The van der Waals surface area contributed by atoms with Crippen LogP contribution in [-0.2, 0) is 4.79 Å². The molecule has 0 aromatic heterocycles.